The summed E-state index contributed by atoms with van der Waals surface area (Å²) in [6.07, 6.45) is 5.05. The van der Waals surface area contributed by atoms with E-state index in [0.717, 1.165) is 35.4 Å². The number of rotatable bonds is 4. The zero-order valence-corrected chi connectivity index (χ0v) is 11.0. The van der Waals surface area contributed by atoms with E-state index in [0.29, 0.717) is 6.54 Å². The Morgan fingerprint density at radius 3 is 2.90 bits per heavy atom. The van der Waals surface area contributed by atoms with Gasteiger partial charge in [-0.15, -0.1) is 0 Å². The first-order chi connectivity index (χ1) is 9.79. The maximum absolute atomic E-state index is 13.5. The second-order valence-corrected chi connectivity index (χ2v) is 4.60. The lowest BCUT2D eigenvalue weighted by Crippen LogP contribution is -2.06. The smallest absolute Gasteiger partial charge is 0.125 e. The molecular weight excluding hydrogens is 255 g/mol. The first-order valence-electron chi connectivity index (χ1n) is 6.57. The van der Waals surface area contributed by atoms with Gasteiger partial charge in [-0.05, 0) is 37.2 Å². The Bertz CT molecular complexity index is 721. The Hall–Kier alpha value is -2.27. The van der Waals surface area contributed by atoms with Crippen LogP contribution < -0.4 is 5.73 Å². The molecule has 0 amide bonds. The van der Waals surface area contributed by atoms with Gasteiger partial charge in [0, 0.05) is 18.7 Å². The molecule has 3 aromatic rings. The van der Waals surface area contributed by atoms with E-state index in [9.17, 15) is 4.39 Å². The lowest BCUT2D eigenvalue weighted by atomic mass is 10.2. The molecule has 0 atom stereocenters. The largest absolute Gasteiger partial charge is 0.330 e. The molecule has 102 valence electrons. The number of fused-ring (bicyclic) bond motifs is 1. The molecule has 0 aliphatic rings. The van der Waals surface area contributed by atoms with Crippen molar-refractivity contribution in [1.82, 2.24) is 14.5 Å². The number of hydrogen-bond acceptors (Lipinski definition) is 3. The van der Waals surface area contributed by atoms with E-state index in [1.165, 1.54) is 12.1 Å². The molecule has 2 N–H and O–H groups in total. The van der Waals surface area contributed by atoms with Gasteiger partial charge in [0.15, 0.2) is 0 Å². The number of benzene rings is 1. The zero-order valence-electron chi connectivity index (χ0n) is 11.0. The highest BCUT2D eigenvalue weighted by atomic mass is 19.1. The van der Waals surface area contributed by atoms with Gasteiger partial charge in [0.2, 0.25) is 0 Å². The molecule has 0 fully saturated rings. The number of hydrogen-bond donors (Lipinski definition) is 1. The van der Waals surface area contributed by atoms with Crippen LogP contribution in [0.5, 0.6) is 0 Å². The summed E-state index contributed by atoms with van der Waals surface area (Å²) in [6.45, 7) is 0.602. The van der Waals surface area contributed by atoms with Gasteiger partial charge in [-0.3, -0.25) is 9.55 Å². The van der Waals surface area contributed by atoms with Gasteiger partial charge in [0.1, 0.15) is 11.6 Å². The van der Waals surface area contributed by atoms with Crippen molar-refractivity contribution in [2.75, 3.05) is 6.54 Å². The number of aryl methyl sites for hydroxylation is 1. The third kappa shape index (κ3) is 2.28. The fourth-order valence-electron chi connectivity index (χ4n) is 2.30. The Morgan fingerprint density at radius 2 is 2.15 bits per heavy atom. The summed E-state index contributed by atoms with van der Waals surface area (Å²) in [5.74, 6) is 0.608. The van der Waals surface area contributed by atoms with Crippen LogP contribution in [0.3, 0.4) is 0 Å². The van der Waals surface area contributed by atoms with Crippen molar-refractivity contribution in [2.45, 2.75) is 12.8 Å². The summed E-state index contributed by atoms with van der Waals surface area (Å²) in [5.41, 5.74) is 7.99. The Balaban J connectivity index is 2.22. The van der Waals surface area contributed by atoms with Crippen LogP contribution in [0.2, 0.25) is 0 Å². The van der Waals surface area contributed by atoms with Crippen molar-refractivity contribution >= 4 is 11.0 Å². The lowest BCUT2D eigenvalue weighted by Gasteiger charge is -2.08. The first-order valence-corrected chi connectivity index (χ1v) is 6.57. The van der Waals surface area contributed by atoms with Crippen LogP contribution >= 0.6 is 0 Å². The molecule has 0 unspecified atom stereocenters. The number of pyridine rings is 1. The predicted octanol–water partition coefficient (Wildman–Crippen LogP) is 2.45. The van der Waals surface area contributed by atoms with Crippen LogP contribution in [-0.4, -0.2) is 21.1 Å². The molecule has 3 rings (SSSR count). The average molecular weight is 270 g/mol. The van der Waals surface area contributed by atoms with Gasteiger partial charge >= 0.3 is 0 Å². The number of nitrogens with zero attached hydrogens (tertiary/aromatic N) is 3. The molecule has 0 saturated carbocycles. The summed E-state index contributed by atoms with van der Waals surface area (Å²) >= 11 is 0. The molecule has 2 aromatic heterocycles. The van der Waals surface area contributed by atoms with Crippen molar-refractivity contribution in [3.8, 4) is 5.69 Å². The van der Waals surface area contributed by atoms with Crippen molar-refractivity contribution < 1.29 is 4.39 Å². The summed E-state index contributed by atoms with van der Waals surface area (Å²) in [4.78, 5) is 8.70. The van der Waals surface area contributed by atoms with Crippen molar-refractivity contribution in [3.05, 3.63) is 54.4 Å². The summed E-state index contributed by atoms with van der Waals surface area (Å²) in [5, 5.41) is 0. The summed E-state index contributed by atoms with van der Waals surface area (Å²) in [6, 6.07) is 8.42. The predicted molar refractivity (Wildman–Crippen MR) is 76.2 cm³/mol. The third-order valence-electron chi connectivity index (χ3n) is 3.19. The number of nitrogens with two attached hydrogens (primary N) is 1. The van der Waals surface area contributed by atoms with Gasteiger partial charge in [-0.2, -0.15) is 0 Å². The normalized spacial score (nSPS) is 11.1. The monoisotopic (exact) mass is 270 g/mol. The van der Waals surface area contributed by atoms with E-state index in [1.54, 1.807) is 18.5 Å². The van der Waals surface area contributed by atoms with Gasteiger partial charge in [-0.25, -0.2) is 9.37 Å². The molecule has 0 aliphatic carbocycles. The maximum atomic E-state index is 13.5. The van der Waals surface area contributed by atoms with E-state index in [4.69, 9.17) is 5.73 Å². The molecule has 0 radical (unpaired) electrons. The van der Waals surface area contributed by atoms with Crippen LogP contribution in [0, 0.1) is 5.82 Å². The zero-order chi connectivity index (χ0) is 13.9. The van der Waals surface area contributed by atoms with Gasteiger partial charge in [0.25, 0.3) is 0 Å². The van der Waals surface area contributed by atoms with E-state index < -0.39 is 0 Å². The topological polar surface area (TPSA) is 56.7 Å². The van der Waals surface area contributed by atoms with Crippen molar-refractivity contribution in [3.63, 3.8) is 0 Å². The molecule has 0 bridgehead atoms. The quantitative estimate of drug-likeness (QED) is 0.792. The van der Waals surface area contributed by atoms with Crippen LogP contribution in [0.15, 0.2) is 42.7 Å². The van der Waals surface area contributed by atoms with Gasteiger partial charge in [-0.1, -0.05) is 0 Å². The first kappa shape index (κ1) is 12.7. The summed E-state index contributed by atoms with van der Waals surface area (Å²) < 4.78 is 15.5. The highest BCUT2D eigenvalue weighted by Gasteiger charge is 2.12. The summed E-state index contributed by atoms with van der Waals surface area (Å²) in [7, 11) is 0. The molecule has 2 heterocycles. The van der Waals surface area contributed by atoms with Crippen LogP contribution in [0.25, 0.3) is 16.7 Å². The van der Waals surface area contributed by atoms with Gasteiger partial charge < -0.3 is 5.73 Å². The number of imidazole rings is 1. The molecule has 0 spiro atoms. The SMILES string of the molecule is NCCCc1nc2ccc(F)cc2n1-c1cccnc1. The fraction of sp³-hybridized carbons (Fsp3) is 0.200. The third-order valence-corrected chi connectivity index (χ3v) is 3.19. The van der Waals surface area contributed by atoms with E-state index >= 15 is 0 Å². The Morgan fingerprint density at radius 1 is 1.25 bits per heavy atom. The molecule has 0 saturated heterocycles. The van der Waals surface area contributed by atoms with E-state index in [2.05, 4.69) is 9.97 Å². The van der Waals surface area contributed by atoms with Crippen molar-refractivity contribution in [1.29, 1.82) is 0 Å². The van der Waals surface area contributed by atoms with Gasteiger partial charge in [0.05, 0.1) is 22.9 Å². The molecular formula is C15H15FN4. The fourth-order valence-corrected chi connectivity index (χ4v) is 2.30. The Kier molecular flexibility index (Phi) is 3.43. The number of aromatic nitrogens is 3. The minimum atomic E-state index is -0.270. The second-order valence-electron chi connectivity index (χ2n) is 4.60. The van der Waals surface area contributed by atoms with Crippen molar-refractivity contribution in [2.24, 2.45) is 5.73 Å². The maximum Gasteiger partial charge on any atom is 0.125 e. The molecule has 20 heavy (non-hydrogen) atoms. The number of halogens is 1. The second kappa shape index (κ2) is 5.38. The minimum Gasteiger partial charge on any atom is -0.330 e. The molecule has 0 aliphatic heterocycles. The highest BCUT2D eigenvalue weighted by Crippen LogP contribution is 2.22. The highest BCUT2D eigenvalue weighted by molar-refractivity contribution is 5.78. The Labute approximate surface area is 116 Å². The molecule has 4 nitrogen and oxygen atoms in total. The van der Waals surface area contributed by atoms with Crippen LogP contribution in [0.4, 0.5) is 4.39 Å². The molecule has 5 heteroatoms. The van der Waals surface area contributed by atoms with E-state index in [1.807, 2.05) is 16.7 Å². The minimum absolute atomic E-state index is 0.270. The van der Waals surface area contributed by atoms with Crippen LogP contribution in [0.1, 0.15) is 12.2 Å². The molecule has 1 aromatic carbocycles. The average Bonchev–Trinajstić information content (AvgIpc) is 2.83. The lowest BCUT2D eigenvalue weighted by molar-refractivity contribution is 0.629. The van der Waals surface area contributed by atoms with E-state index in [-0.39, 0.29) is 5.82 Å². The standard InChI is InChI=1S/C15H15FN4/c16-11-5-6-13-14(9-11)20(12-3-2-8-18-10-12)15(19-13)4-1-7-17/h2-3,5-6,8-10H,1,4,7,17H2. The van der Waals surface area contributed by atoms with Crippen LogP contribution in [-0.2, 0) is 6.42 Å².